The fourth-order valence-electron chi connectivity index (χ4n) is 2.70. The van der Waals surface area contributed by atoms with Crippen molar-refractivity contribution < 1.29 is 23.7 Å². The maximum Gasteiger partial charge on any atom is 0.204 e. The molecule has 2 aromatic rings. The number of fused-ring (bicyclic) bond motifs is 1. The number of rotatable bonds is 4. The number of carbonyl (C=O) groups is 1. The predicted molar refractivity (Wildman–Crippen MR) is 84.9 cm³/mol. The molecule has 1 aliphatic heterocycles. The quantitative estimate of drug-likeness (QED) is 0.865. The lowest BCUT2D eigenvalue weighted by Gasteiger charge is -2.27. The van der Waals surface area contributed by atoms with E-state index < -0.39 is 0 Å². The zero-order valence-corrected chi connectivity index (χ0v) is 13.3. The van der Waals surface area contributed by atoms with Gasteiger partial charge in [-0.2, -0.15) is 0 Å². The summed E-state index contributed by atoms with van der Waals surface area (Å²) in [4.78, 5) is 12.5. The lowest BCUT2D eigenvalue weighted by Crippen LogP contribution is -2.21. The van der Waals surface area contributed by atoms with E-state index in [1.165, 1.54) is 7.11 Å². The van der Waals surface area contributed by atoms with Crippen LogP contribution in [0.25, 0.3) is 0 Å². The van der Waals surface area contributed by atoms with Gasteiger partial charge in [-0.15, -0.1) is 0 Å². The molecule has 0 aliphatic carbocycles. The van der Waals surface area contributed by atoms with Gasteiger partial charge in [0.15, 0.2) is 17.3 Å². The topological polar surface area (TPSA) is 54.0 Å². The van der Waals surface area contributed by atoms with Gasteiger partial charge in [-0.1, -0.05) is 12.1 Å². The highest BCUT2D eigenvalue weighted by molar-refractivity contribution is 6.01. The first-order chi connectivity index (χ1) is 11.2. The van der Waals surface area contributed by atoms with Gasteiger partial charge in [0.25, 0.3) is 0 Å². The van der Waals surface area contributed by atoms with Crippen molar-refractivity contribution in [2.24, 2.45) is 0 Å². The molecule has 1 aliphatic rings. The van der Waals surface area contributed by atoms with Crippen LogP contribution in [-0.2, 0) is 0 Å². The van der Waals surface area contributed by atoms with Crippen molar-refractivity contribution in [1.82, 2.24) is 0 Å². The molecule has 0 spiro atoms. The molecular weight excluding hydrogens is 296 g/mol. The second-order valence-corrected chi connectivity index (χ2v) is 5.18. The Morgan fingerprint density at radius 2 is 1.70 bits per heavy atom. The van der Waals surface area contributed by atoms with Crippen molar-refractivity contribution in [2.75, 3.05) is 21.3 Å². The molecule has 2 aromatic carbocycles. The molecule has 5 nitrogen and oxygen atoms in total. The number of methoxy groups -OCH3 is 3. The van der Waals surface area contributed by atoms with Gasteiger partial charge in [0.05, 0.1) is 33.3 Å². The summed E-state index contributed by atoms with van der Waals surface area (Å²) in [5, 5.41) is 0. The molecule has 0 aromatic heterocycles. The van der Waals surface area contributed by atoms with E-state index in [4.69, 9.17) is 18.9 Å². The number of hydrogen-bond acceptors (Lipinski definition) is 5. The minimum absolute atomic E-state index is 0.0213. The lowest BCUT2D eigenvalue weighted by molar-refractivity contribution is 0.0841. The van der Waals surface area contributed by atoms with Gasteiger partial charge >= 0.3 is 0 Å². The van der Waals surface area contributed by atoms with Crippen LogP contribution >= 0.6 is 0 Å². The number of hydrogen-bond donors (Lipinski definition) is 0. The summed E-state index contributed by atoms with van der Waals surface area (Å²) in [6.45, 7) is 0. The van der Waals surface area contributed by atoms with E-state index in [0.717, 1.165) is 11.3 Å². The molecule has 0 radical (unpaired) electrons. The zero-order valence-electron chi connectivity index (χ0n) is 13.3. The van der Waals surface area contributed by atoms with Crippen molar-refractivity contribution >= 4 is 5.78 Å². The number of Topliss-reactive ketones (excluding diaryl/α,β-unsaturated/α-hetero) is 1. The Morgan fingerprint density at radius 3 is 2.30 bits per heavy atom. The Morgan fingerprint density at radius 1 is 0.957 bits per heavy atom. The highest BCUT2D eigenvalue weighted by Crippen LogP contribution is 2.45. The molecule has 1 heterocycles. The largest absolute Gasteiger partial charge is 0.497 e. The van der Waals surface area contributed by atoms with Crippen molar-refractivity contribution in [3.63, 3.8) is 0 Å². The van der Waals surface area contributed by atoms with Crippen molar-refractivity contribution in [2.45, 2.75) is 12.5 Å². The van der Waals surface area contributed by atoms with Gasteiger partial charge in [-0.05, 0) is 29.8 Å². The summed E-state index contributed by atoms with van der Waals surface area (Å²) in [6, 6.07) is 10.9. The van der Waals surface area contributed by atoms with Crippen molar-refractivity contribution in [3.8, 4) is 23.0 Å². The van der Waals surface area contributed by atoms with Crippen LogP contribution in [0.2, 0.25) is 0 Å². The minimum Gasteiger partial charge on any atom is -0.497 e. The summed E-state index contributed by atoms with van der Waals surface area (Å²) in [7, 11) is 4.70. The van der Waals surface area contributed by atoms with Crippen LogP contribution in [0.4, 0.5) is 0 Å². The molecule has 0 amide bonds. The molecule has 0 N–H and O–H groups in total. The molecule has 5 heteroatoms. The highest BCUT2D eigenvalue weighted by Gasteiger charge is 2.31. The number of carbonyl (C=O) groups excluding carboxylic acids is 1. The third kappa shape index (κ3) is 2.70. The highest BCUT2D eigenvalue weighted by atomic mass is 16.5. The summed E-state index contributed by atoms with van der Waals surface area (Å²) in [6.07, 6.45) is -0.0728. The normalized spacial score (nSPS) is 16.3. The fourth-order valence-corrected chi connectivity index (χ4v) is 2.70. The van der Waals surface area contributed by atoms with Crippen LogP contribution in [0.5, 0.6) is 23.0 Å². The first kappa shape index (κ1) is 15.2. The van der Waals surface area contributed by atoms with E-state index >= 15 is 0 Å². The standard InChI is InChI=1S/C18H18O5/c1-20-12-6-4-11(5-7-12)16-10-14(19)13-8-9-15(21-2)18(22-3)17(13)23-16/h4-9,16H,10H2,1-3H3. The Labute approximate surface area is 134 Å². The maximum atomic E-state index is 12.5. The summed E-state index contributed by atoms with van der Waals surface area (Å²) < 4.78 is 21.9. The maximum absolute atomic E-state index is 12.5. The molecule has 0 bridgehead atoms. The minimum atomic E-state index is -0.359. The molecule has 3 rings (SSSR count). The van der Waals surface area contributed by atoms with Gasteiger partial charge in [-0.25, -0.2) is 0 Å². The summed E-state index contributed by atoms with van der Waals surface area (Å²) in [5.74, 6) is 2.19. The van der Waals surface area contributed by atoms with E-state index in [2.05, 4.69) is 0 Å². The van der Waals surface area contributed by atoms with Crippen LogP contribution in [0.1, 0.15) is 28.4 Å². The lowest BCUT2D eigenvalue weighted by atomic mass is 9.95. The van der Waals surface area contributed by atoms with E-state index in [1.54, 1.807) is 26.4 Å². The van der Waals surface area contributed by atoms with E-state index in [9.17, 15) is 4.79 Å². The Kier molecular flexibility index (Phi) is 4.10. The molecule has 0 fully saturated rings. The number of ether oxygens (including phenoxy) is 4. The summed E-state index contributed by atoms with van der Waals surface area (Å²) >= 11 is 0. The monoisotopic (exact) mass is 314 g/mol. The Bertz CT molecular complexity index is 721. The second-order valence-electron chi connectivity index (χ2n) is 5.18. The van der Waals surface area contributed by atoms with Gasteiger partial charge < -0.3 is 18.9 Å². The third-order valence-corrected chi connectivity index (χ3v) is 3.92. The van der Waals surface area contributed by atoms with Gasteiger partial charge in [0, 0.05) is 0 Å². The molecule has 120 valence electrons. The first-order valence-corrected chi connectivity index (χ1v) is 7.26. The average molecular weight is 314 g/mol. The van der Waals surface area contributed by atoms with Crippen molar-refractivity contribution in [3.05, 3.63) is 47.5 Å². The van der Waals surface area contributed by atoms with E-state index in [-0.39, 0.29) is 18.3 Å². The van der Waals surface area contributed by atoms with E-state index in [1.807, 2.05) is 24.3 Å². The predicted octanol–water partition coefficient (Wildman–Crippen LogP) is 3.42. The van der Waals surface area contributed by atoms with Gasteiger partial charge in [0.1, 0.15) is 11.9 Å². The zero-order chi connectivity index (χ0) is 16.4. The van der Waals surface area contributed by atoms with E-state index in [0.29, 0.717) is 22.8 Å². The van der Waals surface area contributed by atoms with Gasteiger partial charge in [-0.3, -0.25) is 4.79 Å². The average Bonchev–Trinajstić information content (AvgIpc) is 2.60. The molecule has 1 atom stereocenters. The molecule has 0 saturated carbocycles. The summed E-state index contributed by atoms with van der Waals surface area (Å²) in [5.41, 5.74) is 1.43. The van der Waals surface area contributed by atoms with Crippen molar-refractivity contribution in [1.29, 1.82) is 0 Å². The first-order valence-electron chi connectivity index (χ1n) is 7.26. The Hall–Kier alpha value is -2.69. The molecule has 23 heavy (non-hydrogen) atoms. The van der Waals surface area contributed by atoms with Crippen LogP contribution in [0.15, 0.2) is 36.4 Å². The fraction of sp³-hybridized carbons (Fsp3) is 0.278. The Balaban J connectivity index is 1.99. The molecule has 1 unspecified atom stereocenters. The number of ketones is 1. The van der Waals surface area contributed by atoms with Crippen LogP contribution in [0, 0.1) is 0 Å². The van der Waals surface area contributed by atoms with Crippen LogP contribution in [-0.4, -0.2) is 27.1 Å². The van der Waals surface area contributed by atoms with Gasteiger partial charge in [0.2, 0.25) is 5.75 Å². The van der Waals surface area contributed by atoms with Crippen LogP contribution in [0.3, 0.4) is 0 Å². The second kappa shape index (κ2) is 6.20. The third-order valence-electron chi connectivity index (χ3n) is 3.92. The molecular formula is C18H18O5. The smallest absolute Gasteiger partial charge is 0.204 e. The SMILES string of the molecule is COc1ccc(C2CC(=O)c3ccc(OC)c(OC)c3O2)cc1. The van der Waals surface area contributed by atoms with Crippen LogP contribution < -0.4 is 18.9 Å². The molecule has 0 saturated heterocycles. The number of benzene rings is 2.